The van der Waals surface area contributed by atoms with E-state index >= 15 is 0 Å². The van der Waals surface area contributed by atoms with Crippen molar-refractivity contribution in [2.45, 2.75) is 25.6 Å². The number of aliphatic hydroxyl groups is 1. The Morgan fingerprint density at radius 3 is 2.52 bits per heavy atom. The minimum absolute atomic E-state index is 0.144. The summed E-state index contributed by atoms with van der Waals surface area (Å²) >= 11 is 11.6. The first kappa shape index (κ1) is 16.1. The molecule has 2 atom stereocenters. The first-order valence-electron chi connectivity index (χ1n) is 6.50. The van der Waals surface area contributed by atoms with Gasteiger partial charge in [0.25, 0.3) is 0 Å². The lowest BCUT2D eigenvalue weighted by Gasteiger charge is -2.21. The van der Waals surface area contributed by atoms with Crippen molar-refractivity contribution < 1.29 is 14.2 Å². The van der Waals surface area contributed by atoms with Crippen molar-refractivity contribution in [2.75, 3.05) is 0 Å². The summed E-state index contributed by atoms with van der Waals surface area (Å²) in [5.74, 6) is 0.127. The monoisotopic (exact) mass is 328 g/mol. The molecule has 0 aliphatic rings. The maximum Gasteiger partial charge on any atom is 0.127 e. The number of rotatable bonds is 5. The molecule has 0 bridgehead atoms. The van der Waals surface area contributed by atoms with Crippen molar-refractivity contribution in [3.8, 4) is 5.75 Å². The Balaban J connectivity index is 2.00. The molecule has 0 saturated carbocycles. The van der Waals surface area contributed by atoms with Crippen molar-refractivity contribution in [3.05, 3.63) is 63.9 Å². The molecule has 0 fully saturated rings. The zero-order valence-electron chi connectivity index (χ0n) is 11.4. The van der Waals surface area contributed by atoms with Crippen LogP contribution in [-0.4, -0.2) is 17.3 Å². The van der Waals surface area contributed by atoms with Crippen LogP contribution in [0.25, 0.3) is 0 Å². The number of halogens is 3. The average Bonchev–Trinajstić information content (AvgIpc) is 2.41. The first-order valence-corrected chi connectivity index (χ1v) is 7.25. The fourth-order valence-corrected chi connectivity index (χ4v) is 2.25. The molecule has 2 aromatic carbocycles. The van der Waals surface area contributed by atoms with Gasteiger partial charge in [0.15, 0.2) is 0 Å². The van der Waals surface area contributed by atoms with E-state index in [1.807, 2.05) is 0 Å². The van der Waals surface area contributed by atoms with E-state index in [9.17, 15) is 9.50 Å². The Hall–Kier alpha value is -1.29. The lowest BCUT2D eigenvalue weighted by Crippen LogP contribution is -2.30. The van der Waals surface area contributed by atoms with Gasteiger partial charge < -0.3 is 9.84 Å². The predicted molar refractivity (Wildman–Crippen MR) is 82.7 cm³/mol. The molecule has 2 nitrogen and oxygen atoms in total. The molecule has 2 aromatic rings. The van der Waals surface area contributed by atoms with E-state index in [4.69, 9.17) is 27.9 Å². The zero-order chi connectivity index (χ0) is 15.4. The Bertz CT molecular complexity index is 619. The number of ether oxygens (including phenoxy) is 1. The molecule has 0 heterocycles. The largest absolute Gasteiger partial charge is 0.488 e. The van der Waals surface area contributed by atoms with E-state index in [0.29, 0.717) is 21.4 Å². The molecule has 112 valence electrons. The highest BCUT2D eigenvalue weighted by atomic mass is 35.5. The Labute approximate surface area is 133 Å². The molecule has 0 amide bonds. The fraction of sp³-hybridized carbons (Fsp3) is 0.250. The van der Waals surface area contributed by atoms with Gasteiger partial charge >= 0.3 is 0 Å². The van der Waals surface area contributed by atoms with Gasteiger partial charge in [-0.25, -0.2) is 4.39 Å². The molecule has 0 aromatic heterocycles. The van der Waals surface area contributed by atoms with Gasteiger partial charge in [0.05, 0.1) is 6.10 Å². The third-order valence-electron chi connectivity index (χ3n) is 3.10. The summed E-state index contributed by atoms with van der Waals surface area (Å²) in [5, 5.41) is 11.0. The summed E-state index contributed by atoms with van der Waals surface area (Å²) in [6.45, 7) is 1.72. The SMILES string of the molecule is CC(Oc1cccc(Cl)c1)C(O)Cc1ccc(Cl)cc1F. The van der Waals surface area contributed by atoms with Crippen LogP contribution in [0.3, 0.4) is 0 Å². The zero-order valence-corrected chi connectivity index (χ0v) is 12.9. The summed E-state index contributed by atoms with van der Waals surface area (Å²) in [6.07, 6.45) is -1.21. The Kier molecular flexibility index (Phi) is 5.45. The number of aliphatic hydroxyl groups excluding tert-OH is 1. The highest BCUT2D eigenvalue weighted by Gasteiger charge is 2.18. The second kappa shape index (κ2) is 7.12. The highest BCUT2D eigenvalue weighted by Crippen LogP contribution is 2.21. The van der Waals surface area contributed by atoms with Crippen LogP contribution in [0.15, 0.2) is 42.5 Å². The van der Waals surface area contributed by atoms with Crippen LogP contribution in [0.1, 0.15) is 12.5 Å². The normalized spacial score (nSPS) is 13.8. The Morgan fingerprint density at radius 2 is 1.86 bits per heavy atom. The van der Waals surface area contributed by atoms with E-state index in [1.165, 1.54) is 6.07 Å². The molecule has 5 heteroatoms. The smallest absolute Gasteiger partial charge is 0.127 e. The standard InChI is InChI=1S/C16H15Cl2FO2/c1-10(21-14-4-2-3-12(17)8-14)16(20)7-11-5-6-13(18)9-15(11)19/h2-6,8-10,16,20H,7H2,1H3. The third kappa shape index (κ3) is 4.60. The minimum atomic E-state index is -0.848. The van der Waals surface area contributed by atoms with Crippen LogP contribution >= 0.6 is 23.2 Å². The van der Waals surface area contributed by atoms with E-state index < -0.39 is 18.0 Å². The summed E-state index contributed by atoms with van der Waals surface area (Å²) < 4.78 is 19.3. The van der Waals surface area contributed by atoms with Crippen molar-refractivity contribution in [1.82, 2.24) is 0 Å². The maximum atomic E-state index is 13.7. The van der Waals surface area contributed by atoms with Crippen LogP contribution in [0.5, 0.6) is 5.75 Å². The quantitative estimate of drug-likeness (QED) is 0.875. The number of hydrogen-bond acceptors (Lipinski definition) is 2. The van der Waals surface area contributed by atoms with E-state index in [0.717, 1.165) is 0 Å². The summed E-state index contributed by atoms with van der Waals surface area (Å²) in [4.78, 5) is 0. The van der Waals surface area contributed by atoms with Gasteiger partial charge in [-0.3, -0.25) is 0 Å². The topological polar surface area (TPSA) is 29.5 Å². The van der Waals surface area contributed by atoms with Crippen LogP contribution in [0, 0.1) is 5.82 Å². The molecular weight excluding hydrogens is 314 g/mol. The second-order valence-electron chi connectivity index (χ2n) is 4.79. The molecule has 0 saturated heterocycles. The molecular formula is C16H15Cl2FO2. The van der Waals surface area contributed by atoms with Gasteiger partial charge in [-0.05, 0) is 42.8 Å². The minimum Gasteiger partial charge on any atom is -0.488 e. The van der Waals surface area contributed by atoms with Gasteiger partial charge in [-0.15, -0.1) is 0 Å². The van der Waals surface area contributed by atoms with Gasteiger partial charge in [0, 0.05) is 16.5 Å². The molecule has 2 unspecified atom stereocenters. The maximum absolute atomic E-state index is 13.7. The molecule has 0 spiro atoms. The lowest BCUT2D eigenvalue weighted by atomic mass is 10.0. The van der Waals surface area contributed by atoms with E-state index in [2.05, 4.69) is 0 Å². The molecule has 0 radical (unpaired) electrons. The number of hydrogen-bond donors (Lipinski definition) is 1. The van der Waals surface area contributed by atoms with E-state index in [-0.39, 0.29) is 6.42 Å². The van der Waals surface area contributed by atoms with E-state index in [1.54, 1.807) is 43.3 Å². The summed E-state index contributed by atoms with van der Waals surface area (Å²) in [5.41, 5.74) is 0.397. The lowest BCUT2D eigenvalue weighted by molar-refractivity contribution is 0.0473. The van der Waals surface area contributed by atoms with Crippen LogP contribution in [0.2, 0.25) is 10.0 Å². The molecule has 0 aliphatic heterocycles. The highest BCUT2D eigenvalue weighted by molar-refractivity contribution is 6.30. The van der Waals surface area contributed by atoms with Gasteiger partial charge in [-0.2, -0.15) is 0 Å². The second-order valence-corrected chi connectivity index (χ2v) is 5.66. The van der Waals surface area contributed by atoms with Crippen molar-refractivity contribution >= 4 is 23.2 Å². The number of benzene rings is 2. The van der Waals surface area contributed by atoms with Gasteiger partial charge in [-0.1, -0.05) is 35.3 Å². The van der Waals surface area contributed by atoms with Crippen molar-refractivity contribution in [3.63, 3.8) is 0 Å². The molecule has 2 rings (SSSR count). The van der Waals surface area contributed by atoms with Crippen LogP contribution in [-0.2, 0) is 6.42 Å². The summed E-state index contributed by atoms with van der Waals surface area (Å²) in [6, 6.07) is 11.3. The van der Waals surface area contributed by atoms with Crippen LogP contribution in [0.4, 0.5) is 4.39 Å². The van der Waals surface area contributed by atoms with Gasteiger partial charge in [0.2, 0.25) is 0 Å². The van der Waals surface area contributed by atoms with Crippen molar-refractivity contribution in [1.29, 1.82) is 0 Å². The molecule has 0 aliphatic carbocycles. The molecule has 1 N–H and O–H groups in total. The third-order valence-corrected chi connectivity index (χ3v) is 3.57. The van der Waals surface area contributed by atoms with Gasteiger partial charge in [0.1, 0.15) is 17.7 Å². The summed E-state index contributed by atoms with van der Waals surface area (Å²) in [7, 11) is 0. The van der Waals surface area contributed by atoms with Crippen LogP contribution < -0.4 is 4.74 Å². The van der Waals surface area contributed by atoms with Crippen molar-refractivity contribution in [2.24, 2.45) is 0 Å². The fourth-order valence-electron chi connectivity index (χ4n) is 1.91. The predicted octanol–water partition coefficient (Wildman–Crippen LogP) is 4.50. The average molecular weight is 329 g/mol. The first-order chi connectivity index (χ1) is 9.95. The molecule has 21 heavy (non-hydrogen) atoms. The Morgan fingerprint density at radius 1 is 1.14 bits per heavy atom.